The molecule has 33 heavy (non-hydrogen) atoms. The summed E-state index contributed by atoms with van der Waals surface area (Å²) in [6.45, 7) is 3.01. The highest BCUT2D eigenvalue weighted by Crippen LogP contribution is 2.35. The second-order valence-corrected chi connectivity index (χ2v) is 9.39. The van der Waals surface area contributed by atoms with Crippen molar-refractivity contribution in [2.45, 2.75) is 54.9 Å². The normalized spacial score (nSPS) is 25.1. The van der Waals surface area contributed by atoms with Crippen molar-refractivity contribution in [3.05, 3.63) is 102 Å². The van der Waals surface area contributed by atoms with E-state index in [1.165, 1.54) is 11.8 Å². The van der Waals surface area contributed by atoms with Gasteiger partial charge in [0.2, 0.25) is 0 Å². The molecule has 3 aromatic rings. The third-order valence-electron chi connectivity index (χ3n) is 5.59. The third kappa shape index (κ3) is 6.67. The Morgan fingerprint density at radius 1 is 0.788 bits per heavy atom. The highest BCUT2D eigenvalue weighted by Gasteiger charge is 2.45. The second kappa shape index (κ2) is 11.8. The van der Waals surface area contributed by atoms with E-state index in [0.29, 0.717) is 13.2 Å². The number of thioether (sulfide) groups is 1. The van der Waals surface area contributed by atoms with Gasteiger partial charge >= 0.3 is 0 Å². The van der Waals surface area contributed by atoms with Crippen LogP contribution >= 0.6 is 11.8 Å². The minimum absolute atomic E-state index is 0.239. The molecule has 4 rings (SSSR count). The van der Waals surface area contributed by atoms with Crippen LogP contribution in [0.3, 0.4) is 0 Å². The number of hydrogen-bond acceptors (Lipinski definition) is 6. The largest absolute Gasteiger partial charge is 0.387 e. The third-order valence-corrected chi connectivity index (χ3v) is 6.76. The van der Waals surface area contributed by atoms with Crippen molar-refractivity contribution in [1.82, 2.24) is 0 Å². The minimum atomic E-state index is -1.10. The molecule has 174 valence electrons. The maximum absolute atomic E-state index is 11.0. The van der Waals surface area contributed by atoms with Crippen molar-refractivity contribution in [2.24, 2.45) is 0 Å². The van der Waals surface area contributed by atoms with Crippen molar-refractivity contribution < 1.29 is 24.4 Å². The lowest BCUT2D eigenvalue weighted by Gasteiger charge is -2.42. The Hall–Kier alpha value is -2.19. The lowest BCUT2D eigenvalue weighted by Crippen LogP contribution is -2.58. The van der Waals surface area contributed by atoms with E-state index in [9.17, 15) is 10.2 Å². The molecule has 0 aliphatic carbocycles. The summed E-state index contributed by atoms with van der Waals surface area (Å²) < 4.78 is 18.2. The molecule has 1 heterocycles. The summed E-state index contributed by atoms with van der Waals surface area (Å²) in [6, 6.07) is 27.7. The number of benzene rings is 3. The van der Waals surface area contributed by atoms with Crippen LogP contribution in [0.4, 0.5) is 0 Å². The summed E-state index contributed by atoms with van der Waals surface area (Å²) in [5, 5.41) is 21.8. The first-order chi connectivity index (χ1) is 16.1. The number of ether oxygens (including phenoxy) is 3. The van der Waals surface area contributed by atoms with Gasteiger partial charge in [-0.25, -0.2) is 0 Å². The monoisotopic (exact) mass is 466 g/mol. The standard InChI is InChI=1S/C27H30O5S/c1-19-12-14-22(15-13-19)33-27-25(29)24(28)26(31-17-21-10-6-3-7-11-21)23(32-27)18-30-16-20-8-4-2-5-9-20/h2-15,23-29H,16-18H2,1H3/t23-,24-,25-,26+,27+/m1/s1. The lowest BCUT2D eigenvalue weighted by atomic mass is 10.00. The fraction of sp³-hybridized carbons (Fsp3) is 0.333. The zero-order chi connectivity index (χ0) is 23.0. The summed E-state index contributed by atoms with van der Waals surface area (Å²) in [4.78, 5) is 0.962. The van der Waals surface area contributed by atoms with E-state index in [-0.39, 0.29) is 6.61 Å². The van der Waals surface area contributed by atoms with Crippen LogP contribution < -0.4 is 0 Å². The average molecular weight is 467 g/mol. The first-order valence-electron chi connectivity index (χ1n) is 11.1. The first-order valence-corrected chi connectivity index (χ1v) is 12.0. The van der Waals surface area contributed by atoms with Crippen LogP contribution in [-0.2, 0) is 27.4 Å². The van der Waals surface area contributed by atoms with Crippen molar-refractivity contribution >= 4 is 11.8 Å². The van der Waals surface area contributed by atoms with Crippen LogP contribution in [0, 0.1) is 6.92 Å². The summed E-state index contributed by atoms with van der Waals surface area (Å²) in [7, 11) is 0. The zero-order valence-corrected chi connectivity index (χ0v) is 19.4. The van der Waals surface area contributed by atoms with Gasteiger partial charge in [0.1, 0.15) is 29.9 Å². The molecule has 5 atom stereocenters. The van der Waals surface area contributed by atoms with E-state index in [4.69, 9.17) is 14.2 Å². The molecular formula is C27H30O5S. The maximum Gasteiger partial charge on any atom is 0.136 e. The molecule has 0 amide bonds. The molecule has 6 heteroatoms. The fourth-order valence-corrected chi connectivity index (χ4v) is 4.79. The van der Waals surface area contributed by atoms with Crippen LogP contribution in [0.15, 0.2) is 89.8 Å². The van der Waals surface area contributed by atoms with Gasteiger partial charge in [0.25, 0.3) is 0 Å². The molecule has 5 nitrogen and oxygen atoms in total. The minimum Gasteiger partial charge on any atom is -0.387 e. The lowest BCUT2D eigenvalue weighted by molar-refractivity contribution is -0.228. The smallest absolute Gasteiger partial charge is 0.136 e. The number of aliphatic hydroxyl groups is 2. The number of hydrogen-bond donors (Lipinski definition) is 2. The van der Waals surface area contributed by atoms with Crippen LogP contribution in [0.1, 0.15) is 16.7 Å². The maximum atomic E-state index is 11.0. The van der Waals surface area contributed by atoms with Crippen LogP contribution in [0.5, 0.6) is 0 Å². The van der Waals surface area contributed by atoms with E-state index in [2.05, 4.69) is 0 Å². The van der Waals surface area contributed by atoms with Crippen molar-refractivity contribution in [3.63, 3.8) is 0 Å². The number of aryl methyl sites for hydroxylation is 1. The Balaban J connectivity index is 1.44. The van der Waals surface area contributed by atoms with Crippen molar-refractivity contribution in [1.29, 1.82) is 0 Å². The topological polar surface area (TPSA) is 68.2 Å². The van der Waals surface area contributed by atoms with Crippen LogP contribution in [0.2, 0.25) is 0 Å². The van der Waals surface area contributed by atoms with Gasteiger partial charge in [-0.3, -0.25) is 0 Å². The van der Waals surface area contributed by atoms with Crippen LogP contribution in [-0.4, -0.2) is 46.7 Å². The van der Waals surface area contributed by atoms with Gasteiger partial charge in [0, 0.05) is 4.90 Å². The highest BCUT2D eigenvalue weighted by atomic mass is 32.2. The van der Waals surface area contributed by atoms with Gasteiger partial charge in [0.15, 0.2) is 0 Å². The molecule has 0 unspecified atom stereocenters. The Bertz CT molecular complexity index is 967. The molecule has 0 spiro atoms. The average Bonchev–Trinajstić information content (AvgIpc) is 2.84. The van der Waals surface area contributed by atoms with E-state index in [1.807, 2.05) is 91.9 Å². The summed E-state index contributed by atoms with van der Waals surface area (Å²) in [5.74, 6) is 0. The highest BCUT2D eigenvalue weighted by molar-refractivity contribution is 7.99. The SMILES string of the molecule is Cc1ccc(S[C@@H]2O[C@H](COCc3ccccc3)[C@H](OCc3ccccc3)[C@H](O)[C@H]2O)cc1. The number of aliphatic hydroxyl groups excluding tert-OH is 2. The van der Waals surface area contributed by atoms with Crippen molar-refractivity contribution in [2.75, 3.05) is 6.61 Å². The molecule has 1 fully saturated rings. The Morgan fingerprint density at radius 3 is 2.03 bits per heavy atom. The van der Waals surface area contributed by atoms with Crippen LogP contribution in [0.25, 0.3) is 0 Å². The molecule has 0 aromatic heterocycles. The van der Waals surface area contributed by atoms with Gasteiger partial charge in [-0.1, -0.05) is 90.1 Å². The molecule has 1 aliphatic rings. The predicted octanol–water partition coefficient (Wildman–Crippen LogP) is 4.34. The molecule has 3 aromatic carbocycles. The second-order valence-electron chi connectivity index (χ2n) is 8.22. The predicted molar refractivity (Wildman–Crippen MR) is 129 cm³/mol. The molecule has 2 N–H and O–H groups in total. The van der Waals surface area contributed by atoms with Crippen molar-refractivity contribution in [3.8, 4) is 0 Å². The number of rotatable bonds is 9. The van der Waals surface area contributed by atoms with Gasteiger partial charge < -0.3 is 24.4 Å². The zero-order valence-electron chi connectivity index (χ0n) is 18.6. The quantitative estimate of drug-likeness (QED) is 0.489. The van der Waals surface area contributed by atoms with E-state index in [1.54, 1.807) is 0 Å². The Labute approximate surface area is 199 Å². The summed E-state index contributed by atoms with van der Waals surface area (Å²) >= 11 is 1.39. The van der Waals surface area contributed by atoms with Gasteiger partial charge in [-0.15, -0.1) is 0 Å². The molecule has 0 radical (unpaired) electrons. The summed E-state index contributed by atoms with van der Waals surface area (Å²) in [6.07, 6.45) is -3.44. The molecule has 1 aliphatic heterocycles. The molecular weight excluding hydrogens is 436 g/mol. The molecule has 1 saturated heterocycles. The van der Waals surface area contributed by atoms with Gasteiger partial charge in [-0.05, 0) is 30.2 Å². The first kappa shape index (κ1) is 24.0. The van der Waals surface area contributed by atoms with Gasteiger partial charge in [-0.2, -0.15) is 0 Å². The van der Waals surface area contributed by atoms with E-state index in [0.717, 1.165) is 21.6 Å². The van der Waals surface area contributed by atoms with Gasteiger partial charge in [0.05, 0.1) is 19.8 Å². The summed E-state index contributed by atoms with van der Waals surface area (Å²) in [5.41, 5.74) is 2.57. The fourth-order valence-electron chi connectivity index (χ4n) is 3.73. The van der Waals surface area contributed by atoms with E-state index >= 15 is 0 Å². The molecule has 0 saturated carbocycles. The Morgan fingerprint density at radius 2 is 1.39 bits per heavy atom. The molecule has 0 bridgehead atoms. The Kier molecular flexibility index (Phi) is 8.56. The van der Waals surface area contributed by atoms with E-state index < -0.39 is 29.9 Å².